The van der Waals surface area contributed by atoms with Crippen LogP contribution in [0, 0.1) is 0 Å². The predicted molar refractivity (Wildman–Crippen MR) is 137 cm³/mol. The van der Waals surface area contributed by atoms with E-state index in [-0.39, 0.29) is 0 Å². The van der Waals surface area contributed by atoms with E-state index in [0.717, 1.165) is 12.1 Å². The molecular formula is C31H33N. The molecule has 0 unspecified atom stereocenters. The Balaban J connectivity index is 1.73. The minimum Gasteiger partial charge on any atom is -0.368 e. The third-order valence-electron chi connectivity index (χ3n) is 6.23. The first-order chi connectivity index (χ1) is 15.8. The first-order valence-corrected chi connectivity index (χ1v) is 11.9. The average Bonchev–Trinajstić information content (AvgIpc) is 2.88. The molecule has 0 aliphatic heterocycles. The fraction of sp³-hybridized carbons (Fsp3) is 0.226. The van der Waals surface area contributed by atoms with Crippen molar-refractivity contribution in [3.05, 3.63) is 138 Å². The molecule has 1 nitrogen and oxygen atoms in total. The second-order valence-corrected chi connectivity index (χ2v) is 8.48. The maximum atomic E-state index is 3.95. The fourth-order valence-corrected chi connectivity index (χ4v) is 4.51. The molecule has 4 aromatic rings. The quantitative estimate of drug-likeness (QED) is 0.202. The van der Waals surface area contributed by atoms with Crippen molar-refractivity contribution in [1.82, 2.24) is 0 Å². The second-order valence-electron chi connectivity index (χ2n) is 8.48. The SMILES string of the molecule is CCCCCCc1ccc(NC(c2ccccc2)(c2ccccc2)c2ccccc2)cc1. The molecule has 1 heteroatoms. The van der Waals surface area contributed by atoms with Crippen molar-refractivity contribution in [3.63, 3.8) is 0 Å². The van der Waals surface area contributed by atoms with Crippen molar-refractivity contribution >= 4 is 5.69 Å². The molecule has 4 aromatic carbocycles. The van der Waals surface area contributed by atoms with Crippen molar-refractivity contribution in [3.8, 4) is 0 Å². The summed E-state index contributed by atoms with van der Waals surface area (Å²) in [4.78, 5) is 0. The molecule has 162 valence electrons. The summed E-state index contributed by atoms with van der Waals surface area (Å²) in [7, 11) is 0. The van der Waals surface area contributed by atoms with E-state index < -0.39 is 5.54 Å². The topological polar surface area (TPSA) is 12.0 Å². The van der Waals surface area contributed by atoms with Gasteiger partial charge < -0.3 is 5.32 Å². The van der Waals surface area contributed by atoms with Crippen LogP contribution in [0.1, 0.15) is 54.9 Å². The Morgan fingerprint density at radius 1 is 0.531 bits per heavy atom. The van der Waals surface area contributed by atoms with Crippen LogP contribution in [-0.2, 0) is 12.0 Å². The summed E-state index contributed by atoms with van der Waals surface area (Å²) in [6, 6.07) is 41.3. The largest absolute Gasteiger partial charge is 0.368 e. The van der Waals surface area contributed by atoms with Gasteiger partial charge in [-0.3, -0.25) is 0 Å². The van der Waals surface area contributed by atoms with E-state index in [1.807, 2.05) is 0 Å². The average molecular weight is 420 g/mol. The molecule has 0 heterocycles. The standard InChI is InChI=1S/C31H33N/c1-2-3-4-8-15-26-22-24-30(25-23-26)32-31(27-16-9-5-10-17-27,28-18-11-6-12-19-28)29-20-13-7-14-21-29/h5-7,9-14,16-25,32H,2-4,8,15H2,1H3. The summed E-state index contributed by atoms with van der Waals surface area (Å²) in [6.07, 6.45) is 6.34. The molecule has 0 bridgehead atoms. The van der Waals surface area contributed by atoms with Crippen LogP contribution in [-0.4, -0.2) is 0 Å². The lowest BCUT2D eigenvalue weighted by atomic mass is 9.77. The van der Waals surface area contributed by atoms with Gasteiger partial charge in [-0.25, -0.2) is 0 Å². The minimum atomic E-state index is -0.480. The van der Waals surface area contributed by atoms with E-state index in [1.165, 1.54) is 47.9 Å². The molecule has 4 rings (SSSR count). The normalized spacial score (nSPS) is 11.3. The van der Waals surface area contributed by atoms with Crippen molar-refractivity contribution in [1.29, 1.82) is 0 Å². The van der Waals surface area contributed by atoms with Crippen molar-refractivity contribution in [2.24, 2.45) is 0 Å². The molecule has 0 amide bonds. The van der Waals surface area contributed by atoms with Gasteiger partial charge >= 0.3 is 0 Å². The zero-order valence-corrected chi connectivity index (χ0v) is 19.0. The summed E-state index contributed by atoms with van der Waals surface area (Å²) in [5, 5.41) is 3.95. The predicted octanol–water partition coefficient (Wildman–Crippen LogP) is 8.21. The number of hydrogen-bond acceptors (Lipinski definition) is 1. The van der Waals surface area contributed by atoms with Crippen LogP contribution >= 0.6 is 0 Å². The summed E-state index contributed by atoms with van der Waals surface area (Å²) < 4.78 is 0. The summed E-state index contributed by atoms with van der Waals surface area (Å²) in [6.45, 7) is 2.26. The zero-order chi connectivity index (χ0) is 22.1. The maximum absolute atomic E-state index is 3.95. The highest BCUT2D eigenvalue weighted by Gasteiger charge is 2.36. The molecular weight excluding hydrogens is 386 g/mol. The first-order valence-electron chi connectivity index (χ1n) is 11.9. The van der Waals surface area contributed by atoms with Crippen LogP contribution in [0.25, 0.3) is 0 Å². The van der Waals surface area contributed by atoms with Gasteiger partial charge in [0, 0.05) is 5.69 Å². The smallest absolute Gasteiger partial charge is 0.114 e. The third kappa shape index (κ3) is 4.94. The number of benzene rings is 4. The van der Waals surface area contributed by atoms with Gasteiger partial charge in [0.15, 0.2) is 0 Å². The number of aryl methyl sites for hydroxylation is 1. The van der Waals surface area contributed by atoms with Gasteiger partial charge in [-0.05, 0) is 47.2 Å². The van der Waals surface area contributed by atoms with E-state index in [9.17, 15) is 0 Å². The van der Waals surface area contributed by atoms with E-state index in [1.54, 1.807) is 0 Å². The van der Waals surface area contributed by atoms with Gasteiger partial charge in [0.1, 0.15) is 5.54 Å². The van der Waals surface area contributed by atoms with Crippen LogP contribution < -0.4 is 5.32 Å². The van der Waals surface area contributed by atoms with Gasteiger partial charge in [0.2, 0.25) is 0 Å². The molecule has 1 N–H and O–H groups in total. The van der Waals surface area contributed by atoms with E-state index >= 15 is 0 Å². The molecule has 0 aliphatic carbocycles. The zero-order valence-electron chi connectivity index (χ0n) is 19.0. The first kappa shape index (κ1) is 21.9. The molecule has 32 heavy (non-hydrogen) atoms. The summed E-state index contributed by atoms with van der Waals surface area (Å²) in [5.74, 6) is 0. The molecule has 0 saturated carbocycles. The Morgan fingerprint density at radius 2 is 1.00 bits per heavy atom. The van der Waals surface area contributed by atoms with E-state index in [4.69, 9.17) is 0 Å². The second kappa shape index (κ2) is 10.8. The van der Waals surface area contributed by atoms with Crippen LogP contribution in [0.2, 0.25) is 0 Å². The Kier molecular flexibility index (Phi) is 7.40. The number of nitrogens with one attached hydrogen (secondary N) is 1. The lowest BCUT2D eigenvalue weighted by Crippen LogP contribution is -2.38. The number of rotatable bonds is 10. The minimum absolute atomic E-state index is 0.480. The number of hydrogen-bond donors (Lipinski definition) is 1. The number of unbranched alkanes of at least 4 members (excludes halogenated alkanes) is 3. The van der Waals surface area contributed by atoms with Gasteiger partial charge in [0.25, 0.3) is 0 Å². The molecule has 0 aliphatic rings. The molecule has 0 aromatic heterocycles. The van der Waals surface area contributed by atoms with Crippen molar-refractivity contribution in [2.75, 3.05) is 5.32 Å². The third-order valence-corrected chi connectivity index (χ3v) is 6.23. The van der Waals surface area contributed by atoms with Gasteiger partial charge in [-0.1, -0.05) is 129 Å². The van der Waals surface area contributed by atoms with Crippen LogP contribution in [0.3, 0.4) is 0 Å². The monoisotopic (exact) mass is 419 g/mol. The Labute approximate surface area is 193 Å². The molecule has 0 atom stereocenters. The fourth-order valence-electron chi connectivity index (χ4n) is 4.51. The van der Waals surface area contributed by atoms with Crippen molar-refractivity contribution < 1.29 is 0 Å². The van der Waals surface area contributed by atoms with Crippen molar-refractivity contribution in [2.45, 2.75) is 44.6 Å². The Hall–Kier alpha value is -3.32. The molecule has 0 spiro atoms. The lowest BCUT2D eigenvalue weighted by molar-refractivity contribution is 0.667. The van der Waals surface area contributed by atoms with Gasteiger partial charge in [-0.2, -0.15) is 0 Å². The van der Waals surface area contributed by atoms with Gasteiger partial charge in [0.05, 0.1) is 0 Å². The molecule has 0 fully saturated rings. The Morgan fingerprint density at radius 3 is 1.44 bits per heavy atom. The summed E-state index contributed by atoms with van der Waals surface area (Å²) >= 11 is 0. The van der Waals surface area contributed by atoms with Gasteiger partial charge in [-0.15, -0.1) is 0 Å². The lowest BCUT2D eigenvalue weighted by Gasteiger charge is -2.38. The highest BCUT2D eigenvalue weighted by Crippen LogP contribution is 2.40. The maximum Gasteiger partial charge on any atom is 0.114 e. The van der Waals surface area contributed by atoms with E-state index in [0.29, 0.717) is 0 Å². The van der Waals surface area contributed by atoms with Crippen LogP contribution in [0.5, 0.6) is 0 Å². The number of anilines is 1. The molecule has 0 saturated heterocycles. The van der Waals surface area contributed by atoms with Crippen LogP contribution in [0.4, 0.5) is 5.69 Å². The highest BCUT2D eigenvalue weighted by atomic mass is 15.0. The highest BCUT2D eigenvalue weighted by molar-refractivity contribution is 5.60. The summed E-state index contributed by atoms with van der Waals surface area (Å²) in [5.41, 5.74) is 5.73. The van der Waals surface area contributed by atoms with Crippen LogP contribution in [0.15, 0.2) is 115 Å². The van der Waals surface area contributed by atoms with E-state index in [2.05, 4.69) is 128 Å². The Bertz CT molecular complexity index is 957. The molecule has 0 radical (unpaired) electrons.